The molecule has 5 heteroatoms. The summed E-state index contributed by atoms with van der Waals surface area (Å²) in [4.78, 5) is 0. The first-order valence-corrected chi connectivity index (χ1v) is 8.46. The Morgan fingerprint density at radius 2 is 2.18 bits per heavy atom. The maximum absolute atomic E-state index is 11.5. The molecule has 17 heavy (non-hydrogen) atoms. The molecule has 2 atom stereocenters. The van der Waals surface area contributed by atoms with E-state index in [1.165, 1.54) is 19.1 Å². The fourth-order valence-corrected chi connectivity index (χ4v) is 3.34. The van der Waals surface area contributed by atoms with E-state index in [0.717, 1.165) is 19.4 Å². The topological polar surface area (TPSA) is 49.4 Å². The van der Waals surface area contributed by atoms with Gasteiger partial charge in [-0.25, -0.2) is 12.7 Å². The summed E-state index contributed by atoms with van der Waals surface area (Å²) >= 11 is 0. The molecular weight excluding hydrogens is 236 g/mol. The monoisotopic (exact) mass is 262 g/mol. The highest BCUT2D eigenvalue weighted by Gasteiger charge is 2.25. The van der Waals surface area contributed by atoms with Gasteiger partial charge in [0.2, 0.25) is 10.0 Å². The largest absolute Gasteiger partial charge is 0.314 e. The number of nitrogens with zero attached hydrogens (tertiary/aromatic N) is 1. The van der Waals surface area contributed by atoms with Gasteiger partial charge in [-0.15, -0.1) is 0 Å². The molecule has 1 aliphatic heterocycles. The first kappa shape index (κ1) is 14.9. The number of rotatable bonds is 6. The van der Waals surface area contributed by atoms with Gasteiger partial charge in [0.1, 0.15) is 0 Å². The molecule has 1 heterocycles. The maximum Gasteiger partial charge on any atom is 0.211 e. The van der Waals surface area contributed by atoms with Crippen LogP contribution in [0.15, 0.2) is 0 Å². The second kappa shape index (κ2) is 6.71. The van der Waals surface area contributed by atoms with E-state index in [1.54, 1.807) is 4.31 Å². The van der Waals surface area contributed by atoms with Gasteiger partial charge in [0.25, 0.3) is 0 Å². The van der Waals surface area contributed by atoms with E-state index in [-0.39, 0.29) is 0 Å². The molecule has 2 unspecified atom stereocenters. The number of hydrogen-bond donors (Lipinski definition) is 1. The first-order valence-electron chi connectivity index (χ1n) is 6.62. The van der Waals surface area contributed by atoms with Gasteiger partial charge < -0.3 is 5.32 Å². The lowest BCUT2D eigenvalue weighted by atomic mass is 9.99. The van der Waals surface area contributed by atoms with Crippen LogP contribution in [0.4, 0.5) is 0 Å². The van der Waals surface area contributed by atoms with Crippen LogP contribution >= 0.6 is 0 Å². The number of sulfonamides is 1. The summed E-state index contributed by atoms with van der Waals surface area (Å²) in [6.45, 7) is 6.70. The van der Waals surface area contributed by atoms with Crippen molar-refractivity contribution in [1.29, 1.82) is 0 Å². The third-order valence-corrected chi connectivity index (χ3v) is 4.70. The zero-order chi connectivity index (χ0) is 12.9. The van der Waals surface area contributed by atoms with Crippen LogP contribution in [0, 0.1) is 5.92 Å². The van der Waals surface area contributed by atoms with Gasteiger partial charge in [-0.1, -0.05) is 13.3 Å². The lowest BCUT2D eigenvalue weighted by Gasteiger charge is -2.31. The highest BCUT2D eigenvalue weighted by molar-refractivity contribution is 7.88. The predicted molar refractivity (Wildman–Crippen MR) is 71.5 cm³/mol. The fraction of sp³-hybridized carbons (Fsp3) is 1.00. The van der Waals surface area contributed by atoms with Crippen LogP contribution < -0.4 is 5.32 Å². The second-order valence-electron chi connectivity index (χ2n) is 5.23. The molecule has 0 aromatic heterocycles. The van der Waals surface area contributed by atoms with Crippen LogP contribution in [-0.4, -0.2) is 44.7 Å². The molecular formula is C12H26N2O2S. The summed E-state index contributed by atoms with van der Waals surface area (Å²) in [5, 5.41) is 3.50. The van der Waals surface area contributed by atoms with Crippen LogP contribution in [0.2, 0.25) is 0 Å². The minimum atomic E-state index is -3.00. The Morgan fingerprint density at radius 1 is 1.47 bits per heavy atom. The highest BCUT2D eigenvalue weighted by atomic mass is 32.2. The SMILES string of the molecule is CCCC(C)NCC1CCCN(S(C)(=O)=O)C1. The molecule has 0 aromatic rings. The molecule has 102 valence electrons. The van der Waals surface area contributed by atoms with Crippen molar-refractivity contribution in [3.05, 3.63) is 0 Å². The smallest absolute Gasteiger partial charge is 0.211 e. The average molecular weight is 262 g/mol. The summed E-state index contributed by atoms with van der Waals surface area (Å²) in [5.74, 6) is 0.470. The van der Waals surface area contributed by atoms with Crippen molar-refractivity contribution < 1.29 is 8.42 Å². The van der Waals surface area contributed by atoms with Gasteiger partial charge >= 0.3 is 0 Å². The van der Waals surface area contributed by atoms with Crippen molar-refractivity contribution in [2.45, 2.75) is 45.6 Å². The molecule has 0 spiro atoms. The Bertz CT molecular complexity index is 316. The lowest BCUT2D eigenvalue weighted by molar-refractivity contribution is 0.255. The van der Waals surface area contributed by atoms with E-state index in [1.807, 2.05) is 0 Å². The van der Waals surface area contributed by atoms with Crippen LogP contribution in [-0.2, 0) is 10.0 Å². The van der Waals surface area contributed by atoms with Crippen LogP contribution in [0.5, 0.6) is 0 Å². The first-order chi connectivity index (χ1) is 7.93. The number of nitrogens with one attached hydrogen (secondary N) is 1. The Labute approximate surface area is 106 Å². The third-order valence-electron chi connectivity index (χ3n) is 3.43. The Balaban J connectivity index is 2.35. The normalized spacial score (nSPS) is 24.8. The van der Waals surface area contributed by atoms with Gasteiger partial charge in [0.15, 0.2) is 0 Å². The van der Waals surface area contributed by atoms with Crippen molar-refractivity contribution in [3.8, 4) is 0 Å². The number of piperidine rings is 1. The van der Waals surface area contributed by atoms with Crippen molar-refractivity contribution in [2.75, 3.05) is 25.9 Å². The molecule has 1 rings (SSSR count). The molecule has 1 fully saturated rings. The standard InChI is InChI=1S/C12H26N2O2S/c1-4-6-11(2)13-9-12-7-5-8-14(10-12)17(3,15)16/h11-13H,4-10H2,1-3H3. The Morgan fingerprint density at radius 3 is 2.76 bits per heavy atom. The quantitative estimate of drug-likeness (QED) is 0.788. The number of hydrogen-bond acceptors (Lipinski definition) is 3. The molecule has 0 bridgehead atoms. The van der Waals surface area contributed by atoms with Crippen LogP contribution in [0.3, 0.4) is 0 Å². The van der Waals surface area contributed by atoms with Crippen LogP contribution in [0.1, 0.15) is 39.5 Å². The van der Waals surface area contributed by atoms with Crippen molar-refractivity contribution in [2.24, 2.45) is 5.92 Å². The van der Waals surface area contributed by atoms with Gasteiger partial charge in [-0.2, -0.15) is 0 Å². The van der Waals surface area contributed by atoms with Gasteiger partial charge in [0, 0.05) is 19.1 Å². The Kier molecular flexibility index (Phi) is 5.89. The molecule has 0 aliphatic carbocycles. The van der Waals surface area contributed by atoms with E-state index in [2.05, 4.69) is 19.2 Å². The van der Waals surface area contributed by atoms with Gasteiger partial charge in [-0.3, -0.25) is 0 Å². The van der Waals surface area contributed by atoms with Crippen molar-refractivity contribution in [1.82, 2.24) is 9.62 Å². The van der Waals surface area contributed by atoms with E-state index in [9.17, 15) is 8.42 Å². The molecule has 1 aliphatic rings. The minimum absolute atomic E-state index is 0.470. The molecule has 0 amide bonds. The third kappa shape index (κ3) is 5.36. The van der Waals surface area contributed by atoms with E-state index in [0.29, 0.717) is 25.0 Å². The summed E-state index contributed by atoms with van der Waals surface area (Å²) in [6.07, 6.45) is 5.80. The highest BCUT2D eigenvalue weighted by Crippen LogP contribution is 2.18. The van der Waals surface area contributed by atoms with E-state index >= 15 is 0 Å². The average Bonchev–Trinajstić information content (AvgIpc) is 2.26. The van der Waals surface area contributed by atoms with Crippen molar-refractivity contribution in [3.63, 3.8) is 0 Å². The van der Waals surface area contributed by atoms with Crippen molar-refractivity contribution >= 4 is 10.0 Å². The van der Waals surface area contributed by atoms with E-state index in [4.69, 9.17) is 0 Å². The summed E-state index contributed by atoms with van der Waals surface area (Å²) in [7, 11) is -3.00. The fourth-order valence-electron chi connectivity index (χ4n) is 2.40. The Hall–Kier alpha value is -0.130. The second-order valence-corrected chi connectivity index (χ2v) is 7.21. The molecule has 4 nitrogen and oxygen atoms in total. The zero-order valence-corrected chi connectivity index (χ0v) is 12.1. The van der Waals surface area contributed by atoms with Crippen LogP contribution in [0.25, 0.3) is 0 Å². The minimum Gasteiger partial charge on any atom is -0.314 e. The molecule has 0 aromatic carbocycles. The van der Waals surface area contributed by atoms with Gasteiger partial charge in [0.05, 0.1) is 6.26 Å². The summed E-state index contributed by atoms with van der Waals surface area (Å²) in [5.41, 5.74) is 0. The lowest BCUT2D eigenvalue weighted by Crippen LogP contribution is -2.43. The zero-order valence-electron chi connectivity index (χ0n) is 11.3. The predicted octanol–water partition coefficient (Wildman–Crippen LogP) is 1.44. The molecule has 1 saturated heterocycles. The summed E-state index contributed by atoms with van der Waals surface area (Å²) < 4.78 is 24.6. The van der Waals surface area contributed by atoms with E-state index < -0.39 is 10.0 Å². The van der Waals surface area contributed by atoms with Gasteiger partial charge in [-0.05, 0) is 38.6 Å². The molecule has 0 radical (unpaired) electrons. The molecule has 0 saturated carbocycles. The molecule has 1 N–H and O–H groups in total. The maximum atomic E-state index is 11.5. The summed E-state index contributed by atoms with van der Waals surface area (Å²) in [6, 6.07) is 0.536.